The molecule has 1 aromatic heterocycles. The number of thioether (sulfide) groups is 1. The quantitative estimate of drug-likeness (QED) is 0.894. The summed E-state index contributed by atoms with van der Waals surface area (Å²) in [5, 5.41) is 10.1. The summed E-state index contributed by atoms with van der Waals surface area (Å²) < 4.78 is 14.3. The van der Waals surface area contributed by atoms with Crippen LogP contribution >= 0.6 is 11.8 Å². The number of halogens is 1. The first-order valence-electron chi connectivity index (χ1n) is 5.85. The molecular weight excluding hydrogens is 283 g/mol. The highest BCUT2D eigenvalue weighted by Gasteiger charge is 2.16. The van der Waals surface area contributed by atoms with Crippen LogP contribution in [0, 0.1) is 5.82 Å². The van der Waals surface area contributed by atoms with E-state index in [4.69, 9.17) is 0 Å². The number of H-pyrrole nitrogens is 1. The molecule has 1 heterocycles. The van der Waals surface area contributed by atoms with Gasteiger partial charge in [-0.25, -0.2) is 9.18 Å². The Balaban J connectivity index is 2.64. The van der Waals surface area contributed by atoms with E-state index in [1.807, 2.05) is 6.26 Å². The Hall–Kier alpha value is -2.02. The second-order valence-electron chi connectivity index (χ2n) is 4.11. The van der Waals surface area contributed by atoms with Crippen molar-refractivity contribution in [2.75, 3.05) is 12.0 Å². The fourth-order valence-electron chi connectivity index (χ4n) is 1.85. The maximum absolute atomic E-state index is 13.2. The van der Waals surface area contributed by atoms with Gasteiger partial charge in [-0.3, -0.25) is 14.3 Å². The summed E-state index contributed by atoms with van der Waals surface area (Å²) in [6.07, 6.45) is 1.86. The Labute approximate surface area is 118 Å². The second kappa shape index (κ2) is 5.96. The second-order valence-corrected chi connectivity index (χ2v) is 5.10. The predicted molar refractivity (Wildman–Crippen MR) is 76.8 cm³/mol. The van der Waals surface area contributed by atoms with Crippen LogP contribution in [0.2, 0.25) is 0 Å². The molecule has 0 spiro atoms. The lowest BCUT2D eigenvalue weighted by molar-refractivity contribution is 0.409. The number of aromatic amines is 1. The lowest BCUT2D eigenvalue weighted by Gasteiger charge is -2.10. The van der Waals surface area contributed by atoms with E-state index in [-0.39, 0.29) is 17.7 Å². The standard InChI is InChI=1S/C13H13FN2O3S/c1-20-6-5-16-12(18)10(11(17)15-13(16)19)8-3-2-4-9(14)7-8/h2-4,7,18H,5-6H2,1H3,(H,15,17,19). The lowest BCUT2D eigenvalue weighted by atomic mass is 10.1. The van der Waals surface area contributed by atoms with Crippen LogP contribution in [-0.2, 0) is 6.54 Å². The van der Waals surface area contributed by atoms with E-state index in [1.54, 1.807) is 0 Å². The zero-order valence-corrected chi connectivity index (χ0v) is 11.5. The van der Waals surface area contributed by atoms with Crippen molar-refractivity contribution in [3.8, 4) is 17.0 Å². The van der Waals surface area contributed by atoms with Gasteiger partial charge >= 0.3 is 5.69 Å². The highest BCUT2D eigenvalue weighted by molar-refractivity contribution is 7.98. The van der Waals surface area contributed by atoms with Crippen molar-refractivity contribution in [1.82, 2.24) is 9.55 Å². The molecule has 0 atom stereocenters. The number of nitrogens with one attached hydrogen (secondary N) is 1. The van der Waals surface area contributed by atoms with Crippen molar-refractivity contribution in [2.24, 2.45) is 0 Å². The van der Waals surface area contributed by atoms with Gasteiger partial charge in [0.05, 0.1) is 0 Å². The maximum Gasteiger partial charge on any atom is 0.331 e. The van der Waals surface area contributed by atoms with Crippen LogP contribution in [0.15, 0.2) is 33.9 Å². The van der Waals surface area contributed by atoms with E-state index < -0.39 is 22.9 Å². The van der Waals surface area contributed by atoms with Crippen LogP contribution in [0.4, 0.5) is 4.39 Å². The maximum atomic E-state index is 13.2. The molecule has 2 rings (SSSR count). The monoisotopic (exact) mass is 296 g/mol. The highest BCUT2D eigenvalue weighted by Crippen LogP contribution is 2.24. The third-order valence-corrected chi connectivity index (χ3v) is 3.40. The highest BCUT2D eigenvalue weighted by atomic mass is 32.2. The van der Waals surface area contributed by atoms with Gasteiger partial charge in [-0.05, 0) is 24.0 Å². The van der Waals surface area contributed by atoms with Gasteiger partial charge in [0, 0.05) is 12.3 Å². The number of aromatic hydroxyl groups is 1. The van der Waals surface area contributed by atoms with E-state index in [0.717, 1.165) is 10.6 Å². The van der Waals surface area contributed by atoms with Gasteiger partial charge in [0.25, 0.3) is 5.56 Å². The molecule has 0 aliphatic carbocycles. The largest absolute Gasteiger partial charge is 0.494 e. The number of hydrogen-bond donors (Lipinski definition) is 2. The van der Waals surface area contributed by atoms with Gasteiger partial charge in [0.2, 0.25) is 5.88 Å². The molecule has 0 saturated carbocycles. The molecule has 1 aromatic carbocycles. The molecule has 106 valence electrons. The summed E-state index contributed by atoms with van der Waals surface area (Å²) in [6.45, 7) is 0.255. The molecule has 20 heavy (non-hydrogen) atoms. The van der Waals surface area contributed by atoms with Crippen molar-refractivity contribution >= 4 is 11.8 Å². The van der Waals surface area contributed by atoms with Crippen molar-refractivity contribution < 1.29 is 9.50 Å². The lowest BCUT2D eigenvalue weighted by Crippen LogP contribution is -2.31. The van der Waals surface area contributed by atoms with Crippen LogP contribution in [0.25, 0.3) is 11.1 Å². The Kier molecular flexibility index (Phi) is 4.29. The number of hydrogen-bond acceptors (Lipinski definition) is 4. The molecule has 0 amide bonds. The fraction of sp³-hybridized carbons (Fsp3) is 0.231. The van der Waals surface area contributed by atoms with Gasteiger partial charge in [-0.1, -0.05) is 12.1 Å². The molecule has 0 saturated heterocycles. The van der Waals surface area contributed by atoms with Crippen LogP contribution in [0.5, 0.6) is 5.88 Å². The molecule has 5 nitrogen and oxygen atoms in total. The van der Waals surface area contributed by atoms with E-state index in [2.05, 4.69) is 4.98 Å². The molecule has 2 N–H and O–H groups in total. The first-order valence-corrected chi connectivity index (χ1v) is 7.25. The normalized spacial score (nSPS) is 10.7. The minimum absolute atomic E-state index is 0.106. The van der Waals surface area contributed by atoms with Crippen LogP contribution < -0.4 is 11.2 Å². The number of benzene rings is 1. The Bertz CT molecular complexity index is 739. The topological polar surface area (TPSA) is 75.1 Å². The third-order valence-electron chi connectivity index (χ3n) is 2.80. The van der Waals surface area contributed by atoms with Crippen molar-refractivity contribution in [1.29, 1.82) is 0 Å². The van der Waals surface area contributed by atoms with Gasteiger partial charge < -0.3 is 5.11 Å². The Morgan fingerprint density at radius 1 is 1.40 bits per heavy atom. The first kappa shape index (κ1) is 14.4. The number of rotatable bonds is 4. The summed E-state index contributed by atoms with van der Waals surface area (Å²) in [4.78, 5) is 25.7. The average Bonchev–Trinajstić information content (AvgIpc) is 2.38. The third kappa shape index (κ3) is 2.77. The predicted octanol–water partition coefficient (Wildman–Crippen LogP) is 1.41. The van der Waals surface area contributed by atoms with Crippen LogP contribution in [-0.4, -0.2) is 26.7 Å². The van der Waals surface area contributed by atoms with E-state index in [0.29, 0.717) is 5.75 Å². The van der Waals surface area contributed by atoms with E-state index in [9.17, 15) is 19.1 Å². The van der Waals surface area contributed by atoms with Crippen LogP contribution in [0.3, 0.4) is 0 Å². The molecule has 7 heteroatoms. The average molecular weight is 296 g/mol. The summed E-state index contributed by atoms with van der Waals surface area (Å²) in [5.41, 5.74) is -1.30. The minimum atomic E-state index is -0.737. The Morgan fingerprint density at radius 3 is 2.80 bits per heavy atom. The smallest absolute Gasteiger partial charge is 0.331 e. The molecule has 0 radical (unpaired) electrons. The van der Waals surface area contributed by atoms with Crippen molar-refractivity contribution in [2.45, 2.75) is 6.54 Å². The van der Waals surface area contributed by atoms with Crippen molar-refractivity contribution in [3.63, 3.8) is 0 Å². The molecule has 2 aromatic rings. The van der Waals surface area contributed by atoms with Crippen molar-refractivity contribution in [3.05, 3.63) is 50.9 Å². The summed E-state index contributed by atoms with van der Waals surface area (Å²) in [5.74, 6) is -0.371. The molecule has 0 fully saturated rings. The minimum Gasteiger partial charge on any atom is -0.494 e. The Morgan fingerprint density at radius 2 is 2.15 bits per heavy atom. The zero-order valence-electron chi connectivity index (χ0n) is 10.7. The summed E-state index contributed by atoms with van der Waals surface area (Å²) in [6, 6.07) is 5.30. The van der Waals surface area contributed by atoms with E-state index in [1.165, 1.54) is 30.0 Å². The van der Waals surface area contributed by atoms with Gasteiger partial charge in [-0.2, -0.15) is 11.8 Å². The number of nitrogens with zero attached hydrogens (tertiary/aromatic N) is 1. The number of aromatic nitrogens is 2. The molecular formula is C13H13FN2O3S. The fourth-order valence-corrected chi connectivity index (χ4v) is 2.22. The van der Waals surface area contributed by atoms with Gasteiger partial charge in [0.1, 0.15) is 11.4 Å². The molecule has 0 bridgehead atoms. The molecule has 0 unspecified atom stereocenters. The van der Waals surface area contributed by atoms with Gasteiger partial charge in [-0.15, -0.1) is 0 Å². The van der Waals surface area contributed by atoms with Gasteiger partial charge in [0.15, 0.2) is 0 Å². The van der Waals surface area contributed by atoms with E-state index >= 15 is 0 Å². The molecule has 0 aliphatic rings. The van der Waals surface area contributed by atoms with Crippen LogP contribution in [0.1, 0.15) is 0 Å². The summed E-state index contributed by atoms with van der Waals surface area (Å²) in [7, 11) is 0. The zero-order chi connectivity index (χ0) is 14.7. The summed E-state index contributed by atoms with van der Waals surface area (Å²) >= 11 is 1.50. The molecule has 0 aliphatic heterocycles. The SMILES string of the molecule is CSCCn1c(O)c(-c2cccc(F)c2)c(=O)[nH]c1=O. The first-order chi connectivity index (χ1) is 9.54.